The van der Waals surface area contributed by atoms with Gasteiger partial charge < -0.3 is 0 Å². The highest BCUT2D eigenvalue weighted by molar-refractivity contribution is 4.96. The van der Waals surface area contributed by atoms with E-state index in [9.17, 15) is 0 Å². The first-order chi connectivity index (χ1) is 5.79. The molecule has 0 amide bonds. The molecule has 0 spiro atoms. The van der Waals surface area contributed by atoms with E-state index in [-0.39, 0.29) is 0 Å². The van der Waals surface area contributed by atoms with Gasteiger partial charge in [0.15, 0.2) is 0 Å². The molecule has 66 valence electrons. The van der Waals surface area contributed by atoms with Crippen LogP contribution >= 0.6 is 0 Å². The van der Waals surface area contributed by atoms with Gasteiger partial charge in [-0.05, 0) is 43.4 Å². The molecule has 0 radical (unpaired) electrons. The summed E-state index contributed by atoms with van der Waals surface area (Å²) in [5, 5.41) is 8.83. The van der Waals surface area contributed by atoms with E-state index in [0.717, 1.165) is 17.8 Å². The van der Waals surface area contributed by atoms with Crippen molar-refractivity contribution in [1.82, 2.24) is 0 Å². The maximum Gasteiger partial charge on any atom is 0.0655 e. The molecular weight excluding hydrogens is 146 g/mol. The van der Waals surface area contributed by atoms with Gasteiger partial charge in [-0.3, -0.25) is 0 Å². The molecular formula is C11H17N. The quantitative estimate of drug-likeness (QED) is 0.538. The SMILES string of the molecule is CC1CCC2CC(C#N)CC2C1. The molecule has 1 nitrogen and oxygen atoms in total. The number of hydrogen-bond donors (Lipinski definition) is 0. The molecule has 2 fully saturated rings. The Bertz CT molecular complexity index is 204. The third-order valence-electron chi connectivity index (χ3n) is 3.76. The second kappa shape index (κ2) is 3.09. The van der Waals surface area contributed by atoms with Crippen molar-refractivity contribution >= 4 is 0 Å². The first-order valence-corrected chi connectivity index (χ1v) is 5.19. The Balaban J connectivity index is 1.99. The zero-order valence-electron chi connectivity index (χ0n) is 7.79. The summed E-state index contributed by atoms with van der Waals surface area (Å²) >= 11 is 0. The molecule has 2 aliphatic carbocycles. The van der Waals surface area contributed by atoms with Crippen molar-refractivity contribution in [3.63, 3.8) is 0 Å². The molecule has 2 aliphatic rings. The highest BCUT2D eigenvalue weighted by Gasteiger charge is 2.37. The second-order valence-electron chi connectivity index (χ2n) is 4.74. The molecule has 0 aliphatic heterocycles. The summed E-state index contributed by atoms with van der Waals surface area (Å²) in [6, 6.07) is 2.44. The summed E-state index contributed by atoms with van der Waals surface area (Å²) in [5.41, 5.74) is 0. The summed E-state index contributed by atoms with van der Waals surface area (Å²) in [5.74, 6) is 3.12. The van der Waals surface area contributed by atoms with E-state index in [1.807, 2.05) is 0 Å². The fourth-order valence-electron chi connectivity index (χ4n) is 3.09. The molecule has 2 saturated carbocycles. The molecule has 4 unspecified atom stereocenters. The van der Waals surface area contributed by atoms with Crippen molar-refractivity contribution in [2.45, 2.75) is 39.0 Å². The van der Waals surface area contributed by atoms with Crippen LogP contribution in [0, 0.1) is 35.0 Å². The Morgan fingerprint density at radius 1 is 1.08 bits per heavy atom. The van der Waals surface area contributed by atoms with Gasteiger partial charge in [-0.15, -0.1) is 0 Å². The van der Waals surface area contributed by atoms with Crippen LogP contribution in [-0.4, -0.2) is 0 Å². The molecule has 2 rings (SSSR count). The average molecular weight is 163 g/mol. The van der Waals surface area contributed by atoms with Gasteiger partial charge in [-0.2, -0.15) is 5.26 Å². The van der Waals surface area contributed by atoms with Crippen LogP contribution in [0.3, 0.4) is 0 Å². The van der Waals surface area contributed by atoms with E-state index < -0.39 is 0 Å². The fraction of sp³-hybridized carbons (Fsp3) is 0.909. The van der Waals surface area contributed by atoms with Crippen molar-refractivity contribution in [2.24, 2.45) is 23.7 Å². The van der Waals surface area contributed by atoms with Crippen LogP contribution in [0.4, 0.5) is 0 Å². The first kappa shape index (κ1) is 8.10. The van der Waals surface area contributed by atoms with E-state index in [4.69, 9.17) is 5.26 Å². The van der Waals surface area contributed by atoms with E-state index in [1.165, 1.54) is 32.1 Å². The van der Waals surface area contributed by atoms with Crippen molar-refractivity contribution in [3.05, 3.63) is 0 Å². The molecule has 0 aromatic carbocycles. The van der Waals surface area contributed by atoms with Crippen LogP contribution in [0.15, 0.2) is 0 Å². The van der Waals surface area contributed by atoms with Crippen molar-refractivity contribution in [3.8, 4) is 6.07 Å². The lowest BCUT2D eigenvalue weighted by Crippen LogP contribution is -2.18. The monoisotopic (exact) mass is 163 g/mol. The molecule has 12 heavy (non-hydrogen) atoms. The third kappa shape index (κ3) is 1.35. The first-order valence-electron chi connectivity index (χ1n) is 5.19. The number of nitriles is 1. The van der Waals surface area contributed by atoms with Gasteiger partial charge in [0.25, 0.3) is 0 Å². The lowest BCUT2D eigenvalue weighted by Gasteiger charge is -2.29. The zero-order valence-corrected chi connectivity index (χ0v) is 7.79. The highest BCUT2D eigenvalue weighted by Crippen LogP contribution is 2.46. The topological polar surface area (TPSA) is 23.8 Å². The molecule has 0 bridgehead atoms. The summed E-state index contributed by atoms with van der Waals surface area (Å²) in [6.45, 7) is 2.36. The largest absolute Gasteiger partial charge is 0.198 e. The number of hydrogen-bond acceptors (Lipinski definition) is 1. The maximum absolute atomic E-state index is 8.83. The van der Waals surface area contributed by atoms with Crippen LogP contribution in [0.5, 0.6) is 0 Å². The standard InChI is InChI=1S/C11H17N/c1-8-2-3-10-5-9(7-12)6-11(10)4-8/h8-11H,2-6H2,1H3. The molecule has 0 saturated heterocycles. The smallest absolute Gasteiger partial charge is 0.0655 e. The molecule has 4 atom stereocenters. The van der Waals surface area contributed by atoms with Gasteiger partial charge in [0.05, 0.1) is 6.07 Å². The van der Waals surface area contributed by atoms with Crippen LogP contribution in [0.2, 0.25) is 0 Å². The average Bonchev–Trinajstić information content (AvgIpc) is 2.46. The lowest BCUT2D eigenvalue weighted by atomic mass is 9.77. The lowest BCUT2D eigenvalue weighted by molar-refractivity contribution is 0.220. The molecule has 0 aromatic heterocycles. The van der Waals surface area contributed by atoms with Gasteiger partial charge in [0.2, 0.25) is 0 Å². The Labute approximate surface area is 74.8 Å². The normalized spacial score (nSPS) is 46.7. The highest BCUT2D eigenvalue weighted by atomic mass is 14.4. The minimum Gasteiger partial charge on any atom is -0.198 e. The molecule has 1 heteroatoms. The second-order valence-corrected chi connectivity index (χ2v) is 4.74. The van der Waals surface area contributed by atoms with Crippen LogP contribution < -0.4 is 0 Å². The Kier molecular flexibility index (Phi) is 2.09. The third-order valence-corrected chi connectivity index (χ3v) is 3.76. The van der Waals surface area contributed by atoms with Crippen molar-refractivity contribution in [1.29, 1.82) is 5.26 Å². The number of nitrogens with zero attached hydrogens (tertiary/aromatic N) is 1. The maximum atomic E-state index is 8.83. The molecule has 0 heterocycles. The predicted molar refractivity (Wildman–Crippen MR) is 48.3 cm³/mol. The van der Waals surface area contributed by atoms with E-state index in [1.54, 1.807) is 0 Å². The molecule has 0 aromatic rings. The van der Waals surface area contributed by atoms with Crippen molar-refractivity contribution < 1.29 is 0 Å². The van der Waals surface area contributed by atoms with Crippen LogP contribution in [0.1, 0.15) is 39.0 Å². The van der Waals surface area contributed by atoms with Gasteiger partial charge in [0.1, 0.15) is 0 Å². The predicted octanol–water partition coefficient (Wildman–Crippen LogP) is 2.97. The Morgan fingerprint density at radius 3 is 2.58 bits per heavy atom. The minimum atomic E-state index is 0.394. The fourth-order valence-corrected chi connectivity index (χ4v) is 3.09. The van der Waals surface area contributed by atoms with E-state index in [2.05, 4.69) is 13.0 Å². The van der Waals surface area contributed by atoms with E-state index in [0.29, 0.717) is 5.92 Å². The van der Waals surface area contributed by atoms with Gasteiger partial charge in [-0.25, -0.2) is 0 Å². The Morgan fingerprint density at radius 2 is 1.83 bits per heavy atom. The summed E-state index contributed by atoms with van der Waals surface area (Å²) < 4.78 is 0. The molecule has 0 N–H and O–H groups in total. The summed E-state index contributed by atoms with van der Waals surface area (Å²) in [6.07, 6.45) is 6.59. The van der Waals surface area contributed by atoms with E-state index >= 15 is 0 Å². The van der Waals surface area contributed by atoms with Gasteiger partial charge >= 0.3 is 0 Å². The minimum absolute atomic E-state index is 0.394. The summed E-state index contributed by atoms with van der Waals surface area (Å²) in [7, 11) is 0. The van der Waals surface area contributed by atoms with Gasteiger partial charge in [-0.1, -0.05) is 13.3 Å². The Hall–Kier alpha value is -0.510. The van der Waals surface area contributed by atoms with Crippen molar-refractivity contribution in [2.75, 3.05) is 0 Å². The van der Waals surface area contributed by atoms with Crippen LogP contribution in [-0.2, 0) is 0 Å². The van der Waals surface area contributed by atoms with Gasteiger partial charge in [0, 0.05) is 5.92 Å². The number of rotatable bonds is 0. The number of fused-ring (bicyclic) bond motifs is 1. The zero-order chi connectivity index (χ0) is 8.55. The summed E-state index contributed by atoms with van der Waals surface area (Å²) in [4.78, 5) is 0. The van der Waals surface area contributed by atoms with Crippen LogP contribution in [0.25, 0.3) is 0 Å².